The van der Waals surface area contributed by atoms with E-state index in [0.717, 1.165) is 5.69 Å². The Hall–Kier alpha value is -1.89. The van der Waals surface area contributed by atoms with Crippen molar-refractivity contribution in [2.75, 3.05) is 0 Å². The summed E-state index contributed by atoms with van der Waals surface area (Å²) in [4.78, 5) is 0. The predicted octanol–water partition coefficient (Wildman–Crippen LogP) is 1.10. The number of hydrogen-bond acceptors (Lipinski definition) is 5. The monoisotopic (exact) mass is 248 g/mol. The molecule has 88 valence electrons. The number of amidine groups is 1. The highest BCUT2D eigenvalue weighted by Gasteiger charge is 2.08. The second kappa shape index (κ2) is 4.96. The maximum absolute atomic E-state index is 7.16. The summed E-state index contributed by atoms with van der Waals surface area (Å²) in [6.45, 7) is 2.02. The maximum Gasteiger partial charge on any atom is 0.167 e. The summed E-state index contributed by atoms with van der Waals surface area (Å²) >= 11 is 1.20. The van der Waals surface area contributed by atoms with Crippen LogP contribution in [0.5, 0.6) is 0 Å². The van der Waals surface area contributed by atoms with Crippen LogP contribution in [-0.2, 0) is 5.75 Å². The first kappa shape index (κ1) is 11.6. The zero-order chi connectivity index (χ0) is 12.3. The van der Waals surface area contributed by atoms with Crippen LogP contribution in [0.2, 0.25) is 0 Å². The standard InChI is InChI=1S/C10H12N6S/c1-7-2-4-8(5-3-7)16-9(13-14-15-16)6-17-10(11)12/h2-5H,6H2,1H3,(H3,11,12). The zero-order valence-corrected chi connectivity index (χ0v) is 10.1. The van der Waals surface area contributed by atoms with E-state index in [-0.39, 0.29) is 5.17 Å². The van der Waals surface area contributed by atoms with Crippen LogP contribution in [0.15, 0.2) is 24.3 Å². The molecule has 2 aromatic rings. The lowest BCUT2D eigenvalue weighted by Crippen LogP contribution is -2.07. The van der Waals surface area contributed by atoms with Gasteiger partial charge in [0.2, 0.25) is 0 Å². The minimum atomic E-state index is 0.0588. The van der Waals surface area contributed by atoms with Crippen LogP contribution in [0.4, 0.5) is 0 Å². The lowest BCUT2D eigenvalue weighted by Gasteiger charge is -2.04. The predicted molar refractivity (Wildman–Crippen MR) is 67.1 cm³/mol. The minimum absolute atomic E-state index is 0.0588. The van der Waals surface area contributed by atoms with Crippen molar-refractivity contribution in [3.63, 3.8) is 0 Å². The highest BCUT2D eigenvalue weighted by molar-refractivity contribution is 8.13. The highest BCUT2D eigenvalue weighted by atomic mass is 32.2. The van der Waals surface area contributed by atoms with E-state index in [9.17, 15) is 0 Å². The second-order valence-corrected chi connectivity index (χ2v) is 4.51. The molecule has 0 aliphatic carbocycles. The van der Waals surface area contributed by atoms with Crippen molar-refractivity contribution in [2.45, 2.75) is 12.7 Å². The lowest BCUT2D eigenvalue weighted by atomic mass is 10.2. The molecule has 2 rings (SSSR count). The van der Waals surface area contributed by atoms with E-state index in [2.05, 4.69) is 15.5 Å². The average Bonchev–Trinajstić information content (AvgIpc) is 2.75. The van der Waals surface area contributed by atoms with Crippen molar-refractivity contribution in [3.05, 3.63) is 35.7 Å². The fraction of sp³-hybridized carbons (Fsp3) is 0.200. The summed E-state index contributed by atoms with van der Waals surface area (Å²) in [6.07, 6.45) is 0. The fourth-order valence-corrected chi connectivity index (χ4v) is 1.79. The molecule has 0 atom stereocenters. The zero-order valence-electron chi connectivity index (χ0n) is 9.29. The molecule has 1 heterocycles. The molecule has 0 saturated carbocycles. The number of nitrogens with zero attached hydrogens (tertiary/aromatic N) is 4. The topological polar surface area (TPSA) is 93.5 Å². The number of aromatic nitrogens is 4. The second-order valence-electron chi connectivity index (χ2n) is 3.50. The van der Waals surface area contributed by atoms with E-state index < -0.39 is 0 Å². The molecular weight excluding hydrogens is 236 g/mol. The van der Waals surface area contributed by atoms with E-state index in [1.807, 2.05) is 31.2 Å². The van der Waals surface area contributed by atoms with Crippen molar-refractivity contribution < 1.29 is 0 Å². The molecule has 6 nitrogen and oxygen atoms in total. The highest BCUT2D eigenvalue weighted by Crippen LogP contribution is 2.13. The summed E-state index contributed by atoms with van der Waals surface area (Å²) < 4.78 is 1.65. The van der Waals surface area contributed by atoms with Gasteiger partial charge in [0.1, 0.15) is 0 Å². The molecule has 0 aliphatic heterocycles. The summed E-state index contributed by atoms with van der Waals surface area (Å²) in [6, 6.07) is 7.90. The number of hydrogen-bond donors (Lipinski definition) is 2. The Kier molecular flexibility index (Phi) is 3.38. The Morgan fingerprint density at radius 3 is 2.76 bits per heavy atom. The third kappa shape index (κ3) is 2.82. The third-order valence-electron chi connectivity index (χ3n) is 2.17. The van der Waals surface area contributed by atoms with Gasteiger partial charge in [-0.25, -0.2) is 0 Å². The van der Waals surface area contributed by atoms with Crippen LogP contribution in [0.25, 0.3) is 5.69 Å². The van der Waals surface area contributed by atoms with E-state index >= 15 is 0 Å². The quantitative estimate of drug-likeness (QED) is 0.626. The molecule has 0 amide bonds. The molecule has 3 N–H and O–H groups in total. The van der Waals surface area contributed by atoms with Crippen LogP contribution < -0.4 is 5.73 Å². The number of nitrogens with one attached hydrogen (secondary N) is 1. The molecule has 1 aromatic heterocycles. The smallest absolute Gasteiger partial charge is 0.167 e. The van der Waals surface area contributed by atoms with E-state index in [1.54, 1.807) is 4.68 Å². The molecule has 0 fully saturated rings. The first-order valence-electron chi connectivity index (χ1n) is 4.98. The van der Waals surface area contributed by atoms with Gasteiger partial charge in [-0.1, -0.05) is 29.5 Å². The first-order chi connectivity index (χ1) is 8.16. The molecule has 1 aromatic carbocycles. The molecule has 0 unspecified atom stereocenters. The van der Waals surface area contributed by atoms with Gasteiger partial charge in [0.15, 0.2) is 11.0 Å². The van der Waals surface area contributed by atoms with Crippen LogP contribution in [0, 0.1) is 12.3 Å². The van der Waals surface area contributed by atoms with E-state index in [0.29, 0.717) is 11.6 Å². The molecule has 17 heavy (non-hydrogen) atoms. The van der Waals surface area contributed by atoms with Crippen molar-refractivity contribution in [1.29, 1.82) is 5.41 Å². The van der Waals surface area contributed by atoms with Gasteiger partial charge in [0.05, 0.1) is 11.4 Å². The molecule has 0 radical (unpaired) electrons. The fourth-order valence-electron chi connectivity index (χ4n) is 1.32. The van der Waals surface area contributed by atoms with Crippen LogP contribution in [-0.4, -0.2) is 25.4 Å². The SMILES string of the molecule is Cc1ccc(-n2nnnc2CSC(=N)N)cc1. The van der Waals surface area contributed by atoms with Gasteiger partial charge in [0.25, 0.3) is 0 Å². The number of nitrogens with two attached hydrogens (primary N) is 1. The average molecular weight is 248 g/mol. The van der Waals surface area contributed by atoms with E-state index in [4.69, 9.17) is 11.1 Å². The van der Waals surface area contributed by atoms with Crippen LogP contribution in [0.3, 0.4) is 0 Å². The Balaban J connectivity index is 2.24. The number of thioether (sulfide) groups is 1. The summed E-state index contributed by atoms with van der Waals surface area (Å²) in [7, 11) is 0. The molecule has 0 bridgehead atoms. The third-order valence-corrected chi connectivity index (χ3v) is 2.88. The normalized spacial score (nSPS) is 10.4. The van der Waals surface area contributed by atoms with Gasteiger partial charge >= 0.3 is 0 Å². The number of benzene rings is 1. The van der Waals surface area contributed by atoms with Crippen molar-refractivity contribution in [1.82, 2.24) is 20.2 Å². The maximum atomic E-state index is 7.16. The van der Waals surface area contributed by atoms with Gasteiger partial charge < -0.3 is 5.73 Å². The van der Waals surface area contributed by atoms with Crippen molar-refractivity contribution in [3.8, 4) is 5.69 Å². The molecule has 7 heteroatoms. The Bertz CT molecular complexity index is 518. The largest absolute Gasteiger partial charge is 0.379 e. The van der Waals surface area contributed by atoms with Crippen LogP contribution >= 0.6 is 11.8 Å². The Labute approximate surface area is 103 Å². The Morgan fingerprint density at radius 1 is 1.41 bits per heavy atom. The lowest BCUT2D eigenvalue weighted by molar-refractivity contribution is 0.777. The first-order valence-corrected chi connectivity index (χ1v) is 5.96. The number of tetrazole rings is 1. The van der Waals surface area contributed by atoms with Gasteiger partial charge in [0, 0.05) is 0 Å². The van der Waals surface area contributed by atoms with Gasteiger partial charge in [-0.3, -0.25) is 5.41 Å². The summed E-state index contributed by atoms with van der Waals surface area (Å²) in [5.41, 5.74) is 7.37. The van der Waals surface area contributed by atoms with E-state index in [1.165, 1.54) is 17.3 Å². The van der Waals surface area contributed by atoms with Crippen molar-refractivity contribution in [2.24, 2.45) is 5.73 Å². The summed E-state index contributed by atoms with van der Waals surface area (Å²) in [5, 5.41) is 18.7. The Morgan fingerprint density at radius 2 is 2.12 bits per heavy atom. The van der Waals surface area contributed by atoms with Gasteiger partial charge in [-0.15, -0.1) is 5.10 Å². The molecule has 0 aliphatic rings. The van der Waals surface area contributed by atoms with Gasteiger partial charge in [-0.2, -0.15) is 4.68 Å². The van der Waals surface area contributed by atoms with Crippen molar-refractivity contribution >= 4 is 16.9 Å². The number of aryl methyl sites for hydroxylation is 1. The minimum Gasteiger partial charge on any atom is -0.379 e. The number of rotatable bonds is 3. The molecular formula is C10H12N6S. The summed E-state index contributed by atoms with van der Waals surface area (Å²) in [5.74, 6) is 1.16. The molecule has 0 spiro atoms. The van der Waals surface area contributed by atoms with Crippen LogP contribution in [0.1, 0.15) is 11.4 Å². The van der Waals surface area contributed by atoms with Gasteiger partial charge in [-0.05, 0) is 29.5 Å². The molecule has 0 saturated heterocycles.